The second-order valence-corrected chi connectivity index (χ2v) is 15.2. The van der Waals surface area contributed by atoms with Gasteiger partial charge in [0.15, 0.2) is 12.2 Å². The Hall–Kier alpha value is -2.88. The van der Waals surface area contributed by atoms with E-state index in [1.165, 1.54) is 39.0 Å². The molecule has 0 spiro atoms. The Balaban J connectivity index is 0.000000276. The third-order valence-electron chi connectivity index (χ3n) is 8.95. The van der Waals surface area contributed by atoms with Gasteiger partial charge in [-0.2, -0.15) is 0 Å². The maximum Gasteiger partial charge on any atom is 0.335 e. The van der Waals surface area contributed by atoms with E-state index in [4.69, 9.17) is 20.4 Å². The first kappa shape index (κ1) is 43.3. The first-order valence-electron chi connectivity index (χ1n) is 16.8. The van der Waals surface area contributed by atoms with Crippen LogP contribution in [0.2, 0.25) is 0 Å². The molecule has 2 heterocycles. The van der Waals surface area contributed by atoms with Gasteiger partial charge in [-0.05, 0) is 99.4 Å². The highest BCUT2D eigenvalue weighted by atomic mass is 79.9. The van der Waals surface area contributed by atoms with Crippen molar-refractivity contribution >= 4 is 55.6 Å². The topological polar surface area (TPSA) is 162 Å². The maximum atomic E-state index is 12.6. The molecule has 4 unspecified atom stereocenters. The van der Waals surface area contributed by atoms with E-state index in [1.807, 2.05) is 72.4 Å². The van der Waals surface area contributed by atoms with Crippen LogP contribution in [-0.2, 0) is 9.59 Å². The van der Waals surface area contributed by atoms with Crippen LogP contribution in [0.3, 0.4) is 0 Å². The summed E-state index contributed by atoms with van der Waals surface area (Å²) in [5, 5.41) is 32.5. The van der Waals surface area contributed by atoms with Crippen LogP contribution in [0.5, 0.6) is 0 Å². The molecule has 0 bridgehead atoms. The van der Waals surface area contributed by atoms with Crippen LogP contribution in [0.4, 0.5) is 0 Å². The Morgan fingerprint density at radius 1 is 0.620 bits per heavy atom. The summed E-state index contributed by atoms with van der Waals surface area (Å²) in [6.45, 7) is 15.4. The maximum absolute atomic E-state index is 12.6. The Morgan fingerprint density at radius 3 is 1.10 bits per heavy atom. The quantitative estimate of drug-likeness (QED) is 0.228. The molecule has 2 fully saturated rings. The molecule has 2 aliphatic rings. The number of likely N-dealkylation sites (N-methyl/N-ethyl adjacent to an activating group) is 2. The standard InChI is InChI=1S/2C16H23BrN2O.C4H6O6/c2*1-12(2)15(11-19-9-4-10-19)18(3)16(20)13-5-7-14(17)8-6-13;5-1(3(7)8)2(6)4(9)10/h2*5-8,12,15H,4,9-11H2,1-3H3;1-2,5-6H,(H,7,8)(H,9,10). The second kappa shape index (κ2) is 20.8. The van der Waals surface area contributed by atoms with Gasteiger partial charge in [-0.15, -0.1) is 0 Å². The SMILES string of the molecule is CC(C)C(CN1CCC1)N(C)C(=O)c1ccc(Br)cc1.CC(C)C(CN1CCC1)N(C)C(=O)c1ccc(Br)cc1.O=C(O)C(O)C(O)C(=O)O. The van der Waals surface area contributed by atoms with Crippen LogP contribution in [-0.4, -0.2) is 141 Å². The lowest BCUT2D eigenvalue weighted by atomic mass is 10.00. The molecule has 4 rings (SSSR count). The number of nitrogens with zero attached hydrogens (tertiary/aromatic N) is 4. The van der Waals surface area contributed by atoms with Gasteiger partial charge in [0.1, 0.15) is 0 Å². The number of benzene rings is 2. The Morgan fingerprint density at radius 2 is 0.900 bits per heavy atom. The molecule has 2 saturated heterocycles. The summed E-state index contributed by atoms with van der Waals surface area (Å²) < 4.78 is 2.00. The van der Waals surface area contributed by atoms with Crippen molar-refractivity contribution in [1.29, 1.82) is 0 Å². The molecule has 0 aliphatic carbocycles. The van der Waals surface area contributed by atoms with Crippen LogP contribution < -0.4 is 0 Å². The molecule has 4 atom stereocenters. The lowest BCUT2D eigenvalue weighted by Crippen LogP contribution is -2.51. The molecule has 50 heavy (non-hydrogen) atoms. The molecule has 0 radical (unpaired) electrons. The average molecular weight is 829 g/mol. The number of rotatable bonds is 13. The molecule has 14 heteroatoms. The molecule has 0 aromatic heterocycles. The zero-order valence-corrected chi connectivity index (χ0v) is 32.9. The van der Waals surface area contributed by atoms with E-state index in [9.17, 15) is 19.2 Å². The highest BCUT2D eigenvalue weighted by Crippen LogP contribution is 2.20. The van der Waals surface area contributed by atoms with Crippen LogP contribution in [0.1, 0.15) is 61.3 Å². The first-order valence-corrected chi connectivity index (χ1v) is 18.3. The van der Waals surface area contributed by atoms with Crippen LogP contribution in [0.15, 0.2) is 57.5 Å². The van der Waals surface area contributed by atoms with Gasteiger partial charge in [-0.3, -0.25) is 9.59 Å². The molecular formula is C36H52Br2N4O8. The highest BCUT2D eigenvalue weighted by molar-refractivity contribution is 9.10. The fourth-order valence-corrected chi connectivity index (χ4v) is 5.91. The summed E-state index contributed by atoms with van der Waals surface area (Å²) in [5.74, 6) is -2.40. The predicted octanol–water partition coefficient (Wildman–Crippen LogP) is 4.38. The van der Waals surface area contributed by atoms with Gasteiger partial charge >= 0.3 is 11.9 Å². The number of amides is 2. The number of carboxylic acid groups (broad SMARTS) is 2. The molecule has 2 amide bonds. The largest absolute Gasteiger partial charge is 0.479 e. The highest BCUT2D eigenvalue weighted by Gasteiger charge is 2.30. The van der Waals surface area contributed by atoms with E-state index in [0.717, 1.165) is 33.2 Å². The molecule has 2 aliphatic heterocycles. The fraction of sp³-hybridized carbons (Fsp3) is 0.556. The number of hydrogen-bond acceptors (Lipinski definition) is 8. The zero-order valence-electron chi connectivity index (χ0n) is 29.7. The van der Waals surface area contributed by atoms with E-state index < -0.39 is 24.1 Å². The van der Waals surface area contributed by atoms with Crippen LogP contribution >= 0.6 is 31.9 Å². The molecule has 12 nitrogen and oxygen atoms in total. The van der Waals surface area contributed by atoms with Crippen molar-refractivity contribution in [2.75, 3.05) is 53.4 Å². The summed E-state index contributed by atoms with van der Waals surface area (Å²) in [7, 11) is 3.85. The number of carboxylic acids is 2. The minimum Gasteiger partial charge on any atom is -0.479 e. The summed E-state index contributed by atoms with van der Waals surface area (Å²) in [4.78, 5) is 53.4. The number of carbonyl (C=O) groups excluding carboxylic acids is 2. The molecular weight excluding hydrogens is 776 g/mol. The fourth-order valence-electron chi connectivity index (χ4n) is 5.38. The Labute approximate surface area is 312 Å². The minimum atomic E-state index is -2.27. The molecule has 2 aromatic rings. The number of hydrogen-bond donors (Lipinski definition) is 4. The van der Waals surface area contributed by atoms with Crippen molar-refractivity contribution in [3.63, 3.8) is 0 Å². The Bertz CT molecular complexity index is 1280. The number of carbonyl (C=O) groups is 4. The number of aliphatic carboxylic acids is 2. The van der Waals surface area contributed by atoms with Gasteiger partial charge in [-0.1, -0.05) is 59.6 Å². The minimum absolute atomic E-state index is 0.108. The number of halogens is 2. The van der Waals surface area contributed by atoms with Gasteiger partial charge in [-0.25, -0.2) is 9.59 Å². The summed E-state index contributed by atoms with van der Waals surface area (Å²) in [5.41, 5.74) is 1.51. The summed E-state index contributed by atoms with van der Waals surface area (Å²) >= 11 is 6.80. The lowest BCUT2D eigenvalue weighted by Gasteiger charge is -2.39. The normalized spacial score (nSPS) is 16.6. The number of aliphatic hydroxyl groups excluding tert-OH is 2. The van der Waals surface area contributed by atoms with Gasteiger partial charge < -0.3 is 40.0 Å². The average Bonchev–Trinajstić information content (AvgIpc) is 3.02. The Kier molecular flexibility index (Phi) is 18.0. The van der Waals surface area contributed by atoms with Crippen molar-refractivity contribution in [2.24, 2.45) is 11.8 Å². The van der Waals surface area contributed by atoms with Gasteiger partial charge in [0.05, 0.1) is 0 Å². The number of aliphatic hydroxyl groups is 2. The van der Waals surface area contributed by atoms with E-state index >= 15 is 0 Å². The monoisotopic (exact) mass is 826 g/mol. The zero-order chi connectivity index (χ0) is 37.7. The number of likely N-dealkylation sites (tertiary alicyclic amines) is 2. The van der Waals surface area contributed by atoms with Crippen LogP contribution in [0.25, 0.3) is 0 Å². The third-order valence-corrected chi connectivity index (χ3v) is 10.0. The lowest BCUT2D eigenvalue weighted by molar-refractivity contribution is -0.165. The van der Waals surface area contributed by atoms with Crippen molar-refractivity contribution < 1.29 is 39.6 Å². The van der Waals surface area contributed by atoms with Crippen molar-refractivity contribution in [2.45, 2.75) is 64.8 Å². The molecule has 4 N–H and O–H groups in total. The van der Waals surface area contributed by atoms with Crippen LogP contribution in [0, 0.1) is 11.8 Å². The summed E-state index contributed by atoms with van der Waals surface area (Å²) in [6.07, 6.45) is -1.96. The van der Waals surface area contributed by atoms with Crippen molar-refractivity contribution in [3.8, 4) is 0 Å². The van der Waals surface area contributed by atoms with Gasteiger partial charge in [0.25, 0.3) is 11.8 Å². The third kappa shape index (κ3) is 13.3. The van der Waals surface area contributed by atoms with Gasteiger partial charge in [0.2, 0.25) is 0 Å². The van der Waals surface area contributed by atoms with Gasteiger partial charge in [0, 0.05) is 59.3 Å². The first-order chi connectivity index (χ1) is 23.4. The van der Waals surface area contributed by atoms with E-state index in [-0.39, 0.29) is 23.9 Å². The summed E-state index contributed by atoms with van der Waals surface area (Å²) in [6, 6.07) is 15.7. The van der Waals surface area contributed by atoms with Crippen molar-refractivity contribution in [3.05, 3.63) is 68.6 Å². The van der Waals surface area contributed by atoms with Crippen molar-refractivity contribution in [1.82, 2.24) is 19.6 Å². The van der Waals surface area contributed by atoms with E-state index in [0.29, 0.717) is 11.8 Å². The molecule has 2 aromatic carbocycles. The smallest absolute Gasteiger partial charge is 0.335 e. The second-order valence-electron chi connectivity index (χ2n) is 13.3. The van der Waals surface area contributed by atoms with E-state index in [1.54, 1.807) is 0 Å². The predicted molar refractivity (Wildman–Crippen MR) is 199 cm³/mol. The van der Waals surface area contributed by atoms with E-state index in [2.05, 4.69) is 69.4 Å². The molecule has 278 valence electrons. The molecule has 0 saturated carbocycles.